The van der Waals surface area contributed by atoms with Gasteiger partial charge in [-0.05, 0) is 17.7 Å². The number of alkyl halides is 1. The van der Waals surface area contributed by atoms with Crippen molar-refractivity contribution >= 4 is 12.1 Å². The molecule has 0 spiro atoms. The van der Waals surface area contributed by atoms with Crippen LogP contribution < -0.4 is 11.5 Å². The van der Waals surface area contributed by atoms with Crippen molar-refractivity contribution in [2.75, 3.05) is 13.3 Å². The van der Waals surface area contributed by atoms with Crippen LogP contribution in [0.1, 0.15) is 15.9 Å². The molecule has 0 saturated carbocycles. The highest BCUT2D eigenvalue weighted by molar-refractivity contribution is 5.93. The Kier molecular flexibility index (Phi) is 3.40. The van der Waals surface area contributed by atoms with Crippen LogP contribution in [0.25, 0.3) is 0 Å². The third-order valence-electron chi connectivity index (χ3n) is 2.99. The number of carbonyl (C=O) groups is 1. The number of benzene rings is 1. The van der Waals surface area contributed by atoms with Crippen molar-refractivity contribution in [3.05, 3.63) is 35.4 Å². The van der Waals surface area contributed by atoms with Crippen LogP contribution in [0.3, 0.4) is 0 Å². The van der Waals surface area contributed by atoms with E-state index >= 15 is 0 Å². The highest BCUT2D eigenvalue weighted by Gasteiger charge is 2.41. The van der Waals surface area contributed by atoms with Gasteiger partial charge in [-0.15, -0.1) is 0 Å². The van der Waals surface area contributed by atoms with E-state index in [1.54, 1.807) is 18.2 Å². The fourth-order valence-electron chi connectivity index (χ4n) is 1.93. The Bertz CT molecular complexity index is 492. The summed E-state index contributed by atoms with van der Waals surface area (Å²) in [6.45, 7) is -0.564. The maximum absolute atomic E-state index is 13.4. The largest absolute Gasteiger partial charge is 0.366 e. The topological polar surface area (TPSA) is 90.7 Å². The molecule has 1 unspecified atom stereocenters. The van der Waals surface area contributed by atoms with Crippen molar-refractivity contribution in [2.24, 2.45) is 16.5 Å². The van der Waals surface area contributed by atoms with Crippen molar-refractivity contribution in [3.63, 3.8) is 0 Å². The van der Waals surface area contributed by atoms with Crippen LogP contribution in [0.5, 0.6) is 0 Å². The molecule has 96 valence electrons. The summed E-state index contributed by atoms with van der Waals surface area (Å²) in [5, 5.41) is 0. The average molecular weight is 251 g/mol. The van der Waals surface area contributed by atoms with Gasteiger partial charge in [0.1, 0.15) is 12.9 Å². The second-order valence-corrected chi connectivity index (χ2v) is 4.07. The van der Waals surface area contributed by atoms with E-state index in [1.807, 2.05) is 0 Å². The van der Waals surface area contributed by atoms with E-state index in [4.69, 9.17) is 16.2 Å². The number of primary amides is 1. The first kappa shape index (κ1) is 12.7. The van der Waals surface area contributed by atoms with Gasteiger partial charge in [0.25, 0.3) is 0 Å². The number of ether oxygens (including phenoxy) is 1. The van der Waals surface area contributed by atoms with Crippen LogP contribution in [-0.2, 0) is 10.3 Å². The van der Waals surface area contributed by atoms with E-state index in [0.717, 1.165) is 0 Å². The third kappa shape index (κ3) is 2.00. The highest BCUT2D eigenvalue weighted by atomic mass is 19.1. The Morgan fingerprint density at radius 3 is 3.00 bits per heavy atom. The molecule has 1 aliphatic heterocycles. The van der Waals surface area contributed by atoms with Crippen LogP contribution in [0.2, 0.25) is 0 Å². The number of halogens is 1. The lowest BCUT2D eigenvalue weighted by atomic mass is 9.88. The van der Waals surface area contributed by atoms with Crippen LogP contribution in [0, 0.1) is 0 Å². The Balaban J connectivity index is 2.50. The van der Waals surface area contributed by atoms with Gasteiger partial charge in [0.05, 0.1) is 6.61 Å². The summed E-state index contributed by atoms with van der Waals surface area (Å²) in [4.78, 5) is 15.3. The van der Waals surface area contributed by atoms with Crippen LogP contribution in [0.15, 0.2) is 29.3 Å². The van der Waals surface area contributed by atoms with Crippen LogP contribution >= 0.6 is 0 Å². The summed E-state index contributed by atoms with van der Waals surface area (Å²) in [7, 11) is 0. The predicted molar refractivity (Wildman–Crippen MR) is 65.0 cm³/mol. The first-order valence-corrected chi connectivity index (χ1v) is 5.47. The molecule has 4 N–H and O–H groups in total. The van der Waals surface area contributed by atoms with Gasteiger partial charge in [-0.25, -0.2) is 4.39 Å². The minimum atomic E-state index is -1.30. The van der Waals surface area contributed by atoms with Gasteiger partial charge < -0.3 is 16.2 Å². The Labute approximate surface area is 104 Å². The molecule has 0 aliphatic carbocycles. The zero-order valence-corrected chi connectivity index (χ0v) is 9.67. The van der Waals surface area contributed by atoms with E-state index in [9.17, 15) is 9.18 Å². The summed E-state index contributed by atoms with van der Waals surface area (Å²) in [5.74, 6) is -0.583. The molecule has 1 heterocycles. The number of nitrogens with two attached hydrogens (primary N) is 2. The lowest BCUT2D eigenvalue weighted by Gasteiger charge is -2.35. The van der Waals surface area contributed by atoms with Gasteiger partial charge in [0.15, 0.2) is 5.54 Å². The fraction of sp³-hybridized carbons (Fsp3) is 0.333. The molecule has 1 aromatic carbocycles. The number of carbonyl (C=O) groups excluding carboxylic acids is 1. The zero-order valence-electron chi connectivity index (χ0n) is 9.67. The first-order chi connectivity index (χ1) is 8.60. The lowest BCUT2D eigenvalue weighted by molar-refractivity contribution is 0.00252. The maximum Gasteiger partial charge on any atom is 0.248 e. The molecule has 2 atom stereocenters. The second kappa shape index (κ2) is 4.83. The van der Waals surface area contributed by atoms with Crippen molar-refractivity contribution in [3.8, 4) is 0 Å². The Hall–Kier alpha value is -1.79. The molecule has 0 bridgehead atoms. The third-order valence-corrected chi connectivity index (χ3v) is 2.99. The van der Waals surface area contributed by atoms with Crippen molar-refractivity contribution in [2.45, 2.75) is 11.8 Å². The molecule has 0 fully saturated rings. The summed E-state index contributed by atoms with van der Waals surface area (Å²) < 4.78 is 18.6. The average Bonchev–Trinajstić information content (AvgIpc) is 2.40. The van der Waals surface area contributed by atoms with Gasteiger partial charge in [0.2, 0.25) is 5.91 Å². The minimum absolute atomic E-state index is 0.248. The number of amides is 1. The minimum Gasteiger partial charge on any atom is -0.366 e. The molecule has 6 heteroatoms. The van der Waals surface area contributed by atoms with Crippen molar-refractivity contribution < 1.29 is 13.9 Å². The molecule has 2 rings (SSSR count). The maximum atomic E-state index is 13.4. The Morgan fingerprint density at radius 2 is 2.39 bits per heavy atom. The summed E-state index contributed by atoms with van der Waals surface area (Å²) in [6.07, 6.45) is 0.579. The molecule has 18 heavy (non-hydrogen) atoms. The van der Waals surface area contributed by atoms with Crippen molar-refractivity contribution in [1.29, 1.82) is 0 Å². The molecule has 5 nitrogen and oxygen atoms in total. The van der Waals surface area contributed by atoms with Gasteiger partial charge >= 0.3 is 0 Å². The fourth-order valence-corrected chi connectivity index (χ4v) is 1.93. The SMILES string of the molecule is NC(=O)c1cccc(C2(CF)N=CCO[C@H]2N)c1. The number of hydrogen-bond donors (Lipinski definition) is 2. The van der Waals surface area contributed by atoms with Crippen molar-refractivity contribution in [1.82, 2.24) is 0 Å². The van der Waals surface area contributed by atoms with Gasteiger partial charge in [-0.1, -0.05) is 12.1 Å². The van der Waals surface area contributed by atoms with Gasteiger partial charge in [-0.2, -0.15) is 0 Å². The molecule has 0 saturated heterocycles. The van der Waals surface area contributed by atoms with E-state index < -0.39 is 24.3 Å². The van der Waals surface area contributed by atoms with E-state index in [0.29, 0.717) is 5.56 Å². The molecule has 1 aliphatic rings. The van der Waals surface area contributed by atoms with Gasteiger partial charge in [0, 0.05) is 11.8 Å². The quantitative estimate of drug-likeness (QED) is 0.811. The summed E-state index contributed by atoms with van der Waals surface area (Å²) >= 11 is 0. The van der Waals surface area contributed by atoms with Crippen LogP contribution in [-0.4, -0.2) is 31.6 Å². The summed E-state index contributed by atoms with van der Waals surface area (Å²) in [5.41, 5.74) is 10.4. The lowest BCUT2D eigenvalue weighted by Crippen LogP contribution is -2.50. The van der Waals surface area contributed by atoms with E-state index in [-0.39, 0.29) is 12.2 Å². The predicted octanol–water partition coefficient (Wildman–Crippen LogP) is 0.336. The second-order valence-electron chi connectivity index (χ2n) is 4.07. The molecule has 0 radical (unpaired) electrons. The number of hydrogen-bond acceptors (Lipinski definition) is 4. The van der Waals surface area contributed by atoms with Crippen LogP contribution in [0.4, 0.5) is 4.39 Å². The van der Waals surface area contributed by atoms with Gasteiger partial charge in [-0.3, -0.25) is 9.79 Å². The Morgan fingerprint density at radius 1 is 1.61 bits per heavy atom. The molecule has 0 aromatic heterocycles. The standard InChI is InChI=1S/C12H14FN3O2/c13-7-12(11(15)18-5-4-16-12)9-3-1-2-8(6-9)10(14)17/h1-4,6,11H,5,7,15H2,(H2,14,17)/t11-,12?/m1/s1. The molecule has 1 aromatic rings. The normalized spacial score (nSPS) is 27.1. The zero-order chi connectivity index (χ0) is 13.2. The number of nitrogens with zero attached hydrogens (tertiary/aromatic N) is 1. The first-order valence-electron chi connectivity index (χ1n) is 5.47. The molecule has 1 amide bonds. The summed E-state index contributed by atoms with van der Waals surface area (Å²) in [6, 6.07) is 6.31. The monoisotopic (exact) mass is 251 g/mol. The molecular weight excluding hydrogens is 237 g/mol. The number of rotatable bonds is 3. The smallest absolute Gasteiger partial charge is 0.248 e. The van der Waals surface area contributed by atoms with E-state index in [2.05, 4.69) is 4.99 Å². The van der Waals surface area contributed by atoms with E-state index in [1.165, 1.54) is 12.3 Å². The highest BCUT2D eigenvalue weighted by Crippen LogP contribution is 2.32. The molecular formula is C12H14FN3O2. The number of aliphatic imine (C=N–C) groups is 1.